The highest BCUT2D eigenvalue weighted by molar-refractivity contribution is 7.09. The van der Waals surface area contributed by atoms with Crippen LogP contribution in [0.1, 0.15) is 103 Å². The van der Waals surface area contributed by atoms with Crippen LogP contribution in [0.3, 0.4) is 0 Å². The topological polar surface area (TPSA) is 33.2 Å². The van der Waals surface area contributed by atoms with Gasteiger partial charge >= 0.3 is 0 Å². The molecule has 0 saturated carbocycles. The van der Waals surface area contributed by atoms with Crippen LogP contribution in [0.15, 0.2) is 12.0 Å². The van der Waals surface area contributed by atoms with Crippen molar-refractivity contribution in [1.29, 1.82) is 0 Å². The highest BCUT2D eigenvalue weighted by atomic mass is 32.1. The molecular weight excluding hydrogens is 352 g/mol. The number of carbonyl (C=O) groups excluding carboxylic acids is 1. The fourth-order valence-electron chi connectivity index (χ4n) is 3.50. The average Bonchev–Trinajstić information content (AvgIpc) is 3.14. The van der Waals surface area contributed by atoms with E-state index in [4.69, 9.17) is 0 Å². The molecule has 1 aromatic rings. The van der Waals surface area contributed by atoms with Gasteiger partial charge in [-0.05, 0) is 31.3 Å². The van der Waals surface area contributed by atoms with Gasteiger partial charge in [-0.3, -0.25) is 4.79 Å². The van der Waals surface area contributed by atoms with Crippen LogP contribution < -0.4 is 0 Å². The Morgan fingerprint density at radius 3 is 2.44 bits per heavy atom. The first-order chi connectivity index (χ1) is 12.9. The summed E-state index contributed by atoms with van der Waals surface area (Å²) in [5.41, 5.74) is 0.957. The van der Waals surface area contributed by atoms with Gasteiger partial charge in [0.05, 0.1) is 10.7 Å². The summed E-state index contributed by atoms with van der Waals surface area (Å²) >= 11 is 1.71. The van der Waals surface area contributed by atoms with Gasteiger partial charge in [0.2, 0.25) is 5.91 Å². The predicted octanol–water partition coefficient (Wildman–Crippen LogP) is 6.90. The summed E-state index contributed by atoms with van der Waals surface area (Å²) in [5, 5.41) is 3.22. The van der Waals surface area contributed by atoms with Gasteiger partial charge in [-0.2, -0.15) is 0 Å². The zero-order chi connectivity index (χ0) is 20.2. The van der Waals surface area contributed by atoms with E-state index in [-0.39, 0.29) is 6.04 Å². The Hall–Kier alpha value is -1.16. The molecule has 0 aromatic carbocycles. The lowest BCUT2D eigenvalue weighted by molar-refractivity contribution is -0.135. The summed E-state index contributed by atoms with van der Waals surface area (Å²) in [6.07, 6.45) is 10.3. The van der Waals surface area contributed by atoms with Crippen molar-refractivity contribution in [1.82, 2.24) is 9.88 Å². The number of carbonyl (C=O) groups is 1. The summed E-state index contributed by atoms with van der Waals surface area (Å²) in [5.74, 6) is 1.14. The quantitative estimate of drug-likeness (QED) is 0.322. The van der Waals surface area contributed by atoms with Crippen molar-refractivity contribution >= 4 is 23.3 Å². The van der Waals surface area contributed by atoms with Crippen LogP contribution in [0.4, 0.5) is 0 Å². The van der Waals surface area contributed by atoms with Gasteiger partial charge in [0, 0.05) is 30.3 Å². The van der Waals surface area contributed by atoms with E-state index in [1.807, 2.05) is 0 Å². The van der Waals surface area contributed by atoms with E-state index in [0.717, 1.165) is 42.9 Å². The molecule has 0 aliphatic carbocycles. The van der Waals surface area contributed by atoms with Crippen LogP contribution in [-0.2, 0) is 4.79 Å². The highest BCUT2D eigenvalue weighted by Crippen LogP contribution is 2.29. The molecule has 3 nitrogen and oxygen atoms in total. The van der Waals surface area contributed by atoms with Crippen LogP contribution in [0, 0.1) is 5.92 Å². The second kappa shape index (κ2) is 13.1. The molecule has 0 fully saturated rings. The van der Waals surface area contributed by atoms with Gasteiger partial charge in [-0.1, -0.05) is 66.9 Å². The molecule has 4 heteroatoms. The van der Waals surface area contributed by atoms with Crippen LogP contribution in [0.2, 0.25) is 0 Å². The third kappa shape index (κ3) is 8.16. The number of hydrogen-bond acceptors (Lipinski definition) is 3. The van der Waals surface area contributed by atoms with Crippen LogP contribution >= 0.6 is 11.3 Å². The Balaban J connectivity index is 2.88. The minimum absolute atomic E-state index is 0.280. The van der Waals surface area contributed by atoms with E-state index in [2.05, 4.69) is 56.5 Å². The van der Waals surface area contributed by atoms with E-state index < -0.39 is 0 Å². The lowest BCUT2D eigenvalue weighted by Crippen LogP contribution is -2.44. The van der Waals surface area contributed by atoms with Gasteiger partial charge in [-0.25, -0.2) is 4.98 Å². The zero-order valence-corrected chi connectivity index (χ0v) is 19.0. The Labute approximate surface area is 171 Å². The third-order valence-electron chi connectivity index (χ3n) is 5.25. The smallest absolute Gasteiger partial charge is 0.222 e. The van der Waals surface area contributed by atoms with Crippen molar-refractivity contribution in [2.45, 2.75) is 97.9 Å². The third-order valence-corrected chi connectivity index (χ3v) is 6.35. The number of aromatic nitrogens is 1. The molecule has 0 N–H and O–H groups in total. The first-order valence-electron chi connectivity index (χ1n) is 10.8. The van der Waals surface area contributed by atoms with E-state index in [1.54, 1.807) is 17.4 Å². The SMILES string of the molecule is C=Cc1csc([C@H](C)CC(C(C)C)N(CCCCCC)C(=O)CCCC)n1. The molecule has 1 unspecified atom stereocenters. The Morgan fingerprint density at radius 1 is 1.19 bits per heavy atom. The van der Waals surface area contributed by atoms with Gasteiger partial charge in [0.1, 0.15) is 0 Å². The highest BCUT2D eigenvalue weighted by Gasteiger charge is 2.28. The summed E-state index contributed by atoms with van der Waals surface area (Å²) in [6, 6.07) is 0.280. The first kappa shape index (κ1) is 23.9. The Morgan fingerprint density at radius 2 is 1.89 bits per heavy atom. The van der Waals surface area contributed by atoms with E-state index in [9.17, 15) is 4.79 Å². The van der Waals surface area contributed by atoms with Crippen molar-refractivity contribution in [3.05, 3.63) is 22.7 Å². The molecular formula is C23H40N2OS. The van der Waals surface area contributed by atoms with Gasteiger partial charge in [-0.15, -0.1) is 11.3 Å². The normalized spacial score (nSPS) is 13.6. The minimum Gasteiger partial charge on any atom is -0.339 e. The number of unbranched alkanes of at least 4 members (excludes halogenated alkanes) is 4. The van der Waals surface area contributed by atoms with Gasteiger partial charge < -0.3 is 4.90 Å². The van der Waals surface area contributed by atoms with E-state index in [0.29, 0.717) is 24.2 Å². The molecule has 0 spiro atoms. The molecule has 1 rings (SSSR count). The van der Waals surface area contributed by atoms with Crippen molar-refractivity contribution in [3.63, 3.8) is 0 Å². The zero-order valence-electron chi connectivity index (χ0n) is 18.2. The lowest BCUT2D eigenvalue weighted by Gasteiger charge is -2.36. The molecule has 0 bridgehead atoms. The second-order valence-corrected chi connectivity index (χ2v) is 8.90. The van der Waals surface area contributed by atoms with Crippen LogP contribution in [-0.4, -0.2) is 28.4 Å². The van der Waals surface area contributed by atoms with Gasteiger partial charge in [0.25, 0.3) is 0 Å². The minimum atomic E-state index is 0.280. The first-order valence-corrected chi connectivity index (χ1v) is 11.7. The Kier molecular flexibility index (Phi) is 11.6. The largest absolute Gasteiger partial charge is 0.339 e. The maximum absolute atomic E-state index is 13.0. The maximum atomic E-state index is 13.0. The summed E-state index contributed by atoms with van der Waals surface area (Å²) < 4.78 is 0. The fourth-order valence-corrected chi connectivity index (χ4v) is 4.38. The summed E-state index contributed by atoms with van der Waals surface area (Å²) in [4.78, 5) is 19.9. The molecule has 0 aliphatic rings. The van der Waals surface area contributed by atoms with E-state index in [1.165, 1.54) is 19.3 Å². The van der Waals surface area contributed by atoms with Crippen LogP contribution in [0.25, 0.3) is 6.08 Å². The molecule has 27 heavy (non-hydrogen) atoms. The lowest BCUT2D eigenvalue weighted by atomic mass is 9.91. The monoisotopic (exact) mass is 392 g/mol. The van der Waals surface area contributed by atoms with Crippen molar-refractivity contribution in [2.75, 3.05) is 6.54 Å². The molecule has 0 saturated heterocycles. The number of nitrogens with zero attached hydrogens (tertiary/aromatic N) is 2. The predicted molar refractivity (Wildman–Crippen MR) is 119 cm³/mol. The average molecular weight is 393 g/mol. The number of amides is 1. The second-order valence-electron chi connectivity index (χ2n) is 8.01. The number of thiazole rings is 1. The summed E-state index contributed by atoms with van der Waals surface area (Å²) in [6.45, 7) is 15.8. The fraction of sp³-hybridized carbons (Fsp3) is 0.739. The summed E-state index contributed by atoms with van der Waals surface area (Å²) in [7, 11) is 0. The molecule has 1 amide bonds. The molecule has 1 heterocycles. The van der Waals surface area contributed by atoms with Crippen LogP contribution in [0.5, 0.6) is 0 Å². The molecule has 154 valence electrons. The molecule has 0 aliphatic heterocycles. The molecule has 0 radical (unpaired) electrons. The van der Waals surface area contributed by atoms with Gasteiger partial charge in [0.15, 0.2) is 0 Å². The van der Waals surface area contributed by atoms with Crippen molar-refractivity contribution in [3.8, 4) is 0 Å². The van der Waals surface area contributed by atoms with E-state index >= 15 is 0 Å². The molecule has 1 aromatic heterocycles. The Bertz CT molecular complexity index is 552. The number of hydrogen-bond donors (Lipinski definition) is 0. The van der Waals surface area contributed by atoms with Crippen molar-refractivity contribution in [2.24, 2.45) is 5.92 Å². The van der Waals surface area contributed by atoms with Crippen molar-refractivity contribution < 1.29 is 4.79 Å². The molecule has 2 atom stereocenters. The maximum Gasteiger partial charge on any atom is 0.222 e. The standard InChI is InChI=1S/C23H40N2OS/c1-7-10-12-13-15-25(22(26)14-11-8-2)21(18(4)5)16-19(6)23-24-20(9-3)17-27-23/h9,17-19,21H,3,7-8,10-16H2,1-2,4-6H3/t19-,21?/m1/s1. The number of rotatable bonds is 14.